The number of carboxylic acid groups (broad SMARTS) is 1. The molecule has 5 nitrogen and oxygen atoms in total. The second kappa shape index (κ2) is 18.4. The third kappa shape index (κ3) is 21.4. The molecule has 0 aliphatic heterocycles. The van der Waals surface area contributed by atoms with Crippen LogP contribution in [0.2, 0.25) is 0 Å². The fraction of sp³-hybridized carbons (Fsp3) is 0.840. The fourth-order valence-corrected chi connectivity index (χ4v) is 3.53. The average molecular weight is 428 g/mol. The van der Waals surface area contributed by atoms with Gasteiger partial charge in [0.1, 0.15) is 6.54 Å². The number of carbonyl (C=O) groups excluding carboxylic acids is 1. The molecule has 0 aliphatic carbocycles. The Morgan fingerprint density at radius 3 is 1.83 bits per heavy atom. The first-order valence-corrected chi connectivity index (χ1v) is 12.1. The van der Waals surface area contributed by atoms with Crippen molar-refractivity contribution in [1.82, 2.24) is 0 Å². The molecule has 0 aromatic rings. The lowest BCUT2D eigenvalue weighted by Gasteiger charge is -2.28. The minimum Gasteiger partial charge on any atom is -0.481 e. The summed E-state index contributed by atoms with van der Waals surface area (Å²) in [5.74, 6) is -1.20. The lowest BCUT2D eigenvalue weighted by molar-refractivity contribution is -0.873. The van der Waals surface area contributed by atoms with Gasteiger partial charge in [0.25, 0.3) is 0 Å². The van der Waals surface area contributed by atoms with Crippen LogP contribution in [0.3, 0.4) is 0 Å². The van der Waals surface area contributed by atoms with Crippen LogP contribution in [0.15, 0.2) is 12.2 Å². The summed E-state index contributed by atoms with van der Waals surface area (Å²) in [5.41, 5.74) is 0. The molecule has 0 saturated heterocycles. The number of likely N-dealkylation sites (N-methyl/N-ethyl adjacent to an activating group) is 1. The van der Waals surface area contributed by atoms with Crippen LogP contribution in [0.4, 0.5) is 0 Å². The van der Waals surface area contributed by atoms with Gasteiger partial charge in [-0.15, -0.1) is 0 Å². The Balaban J connectivity index is 3.65. The summed E-state index contributed by atoms with van der Waals surface area (Å²) in [5, 5.41) is 9.01. The van der Waals surface area contributed by atoms with Crippen molar-refractivity contribution in [3.63, 3.8) is 0 Å². The normalized spacial score (nSPS) is 12.9. The largest absolute Gasteiger partial charge is 0.481 e. The first-order chi connectivity index (χ1) is 14.2. The average Bonchev–Trinajstić information content (AvgIpc) is 2.63. The Kier molecular flexibility index (Phi) is 17.6. The van der Waals surface area contributed by atoms with Crippen molar-refractivity contribution >= 4 is 11.9 Å². The third-order valence-corrected chi connectivity index (χ3v) is 5.09. The van der Waals surface area contributed by atoms with Gasteiger partial charge in [0, 0.05) is 6.42 Å². The number of carboxylic acids is 1. The van der Waals surface area contributed by atoms with E-state index in [1.165, 1.54) is 57.8 Å². The Morgan fingerprint density at radius 1 is 0.833 bits per heavy atom. The number of esters is 1. The van der Waals surface area contributed by atoms with E-state index in [9.17, 15) is 9.59 Å². The Morgan fingerprint density at radius 2 is 1.33 bits per heavy atom. The molecule has 30 heavy (non-hydrogen) atoms. The number of hydrogen-bond donors (Lipinski definition) is 1. The standard InChI is InChI=1S/C25H47NO4/c1-5-6-7-8-9-10-11-12-13-14-15-16-17-18-19-20-25(29)30-23(21-24(27)28)22-26(2,3)4/h12-13,23H,5-11,14-22H2,1-4H3/p+1/b13-12-/i25+1. The van der Waals surface area contributed by atoms with Crippen molar-refractivity contribution < 1.29 is 23.9 Å². The van der Waals surface area contributed by atoms with Crippen LogP contribution in [0, 0.1) is 0 Å². The fourth-order valence-electron chi connectivity index (χ4n) is 3.53. The zero-order valence-electron chi connectivity index (χ0n) is 20.2. The summed E-state index contributed by atoms with van der Waals surface area (Å²) in [6, 6.07) is 0. The lowest BCUT2D eigenvalue weighted by Crippen LogP contribution is -2.43. The summed E-state index contributed by atoms with van der Waals surface area (Å²) in [6.45, 7) is 2.76. The van der Waals surface area contributed by atoms with Crippen LogP contribution in [0.25, 0.3) is 0 Å². The molecule has 0 saturated carbocycles. The topological polar surface area (TPSA) is 63.6 Å². The van der Waals surface area contributed by atoms with Gasteiger partial charge in [0.2, 0.25) is 0 Å². The highest BCUT2D eigenvalue weighted by Gasteiger charge is 2.24. The second-order valence-corrected chi connectivity index (χ2v) is 9.52. The molecule has 176 valence electrons. The van der Waals surface area contributed by atoms with E-state index in [0.29, 0.717) is 17.4 Å². The molecule has 0 heterocycles. The molecule has 0 spiro atoms. The molecule has 1 N–H and O–H groups in total. The minimum atomic E-state index is -0.928. The maximum Gasteiger partial charge on any atom is 0.307 e. The molecular formula is C25H48NO4+. The van der Waals surface area contributed by atoms with E-state index in [0.717, 1.165) is 25.7 Å². The predicted octanol–water partition coefficient (Wildman–Crippen LogP) is 6.12. The van der Waals surface area contributed by atoms with Crippen LogP contribution in [0.1, 0.15) is 103 Å². The van der Waals surface area contributed by atoms with Crippen LogP contribution < -0.4 is 0 Å². The number of unbranched alkanes of at least 4 members (excludes halogenated alkanes) is 11. The monoisotopic (exact) mass is 427 g/mol. The van der Waals surface area contributed by atoms with E-state index < -0.39 is 12.1 Å². The van der Waals surface area contributed by atoms with Gasteiger partial charge in [-0.05, 0) is 32.1 Å². The number of allylic oxidation sites excluding steroid dienone is 2. The van der Waals surface area contributed by atoms with Crippen molar-refractivity contribution in [3.8, 4) is 0 Å². The molecule has 0 bridgehead atoms. The smallest absolute Gasteiger partial charge is 0.307 e. The molecule has 1 atom stereocenters. The van der Waals surface area contributed by atoms with Gasteiger partial charge in [-0.1, -0.05) is 70.4 Å². The van der Waals surface area contributed by atoms with Crippen LogP contribution in [0.5, 0.6) is 0 Å². The van der Waals surface area contributed by atoms with Gasteiger partial charge in [-0.3, -0.25) is 9.59 Å². The Labute approximate surface area is 185 Å². The van der Waals surface area contributed by atoms with E-state index in [-0.39, 0.29) is 12.4 Å². The van der Waals surface area contributed by atoms with Crippen molar-refractivity contribution in [2.45, 2.75) is 109 Å². The molecule has 0 aromatic heterocycles. The molecular weight excluding hydrogens is 379 g/mol. The number of rotatable bonds is 20. The number of ether oxygens (including phenoxy) is 1. The van der Waals surface area contributed by atoms with Gasteiger partial charge < -0.3 is 14.3 Å². The van der Waals surface area contributed by atoms with Crippen LogP contribution in [-0.2, 0) is 14.3 Å². The maximum absolute atomic E-state index is 12.0. The maximum atomic E-state index is 12.0. The summed E-state index contributed by atoms with van der Waals surface area (Å²) < 4.78 is 5.98. The van der Waals surface area contributed by atoms with Crippen LogP contribution >= 0.6 is 0 Å². The van der Waals surface area contributed by atoms with Gasteiger partial charge >= 0.3 is 11.9 Å². The number of hydrogen-bond acceptors (Lipinski definition) is 3. The Bertz CT molecular complexity index is 468. The molecule has 0 aromatic carbocycles. The summed E-state index contributed by atoms with van der Waals surface area (Å²) in [4.78, 5) is 23.0. The second-order valence-electron chi connectivity index (χ2n) is 9.52. The molecule has 1 unspecified atom stereocenters. The molecule has 0 rings (SSSR count). The van der Waals surface area contributed by atoms with Gasteiger partial charge in [0.15, 0.2) is 6.10 Å². The Hall–Kier alpha value is -1.36. The first-order valence-electron chi connectivity index (χ1n) is 12.1. The van der Waals surface area contributed by atoms with E-state index in [4.69, 9.17) is 9.84 Å². The van der Waals surface area contributed by atoms with Crippen LogP contribution in [-0.4, -0.2) is 55.3 Å². The number of aliphatic carboxylic acids is 1. The third-order valence-electron chi connectivity index (χ3n) is 5.09. The number of carbonyl (C=O) groups is 2. The zero-order chi connectivity index (χ0) is 22.7. The molecule has 0 aliphatic rings. The highest BCUT2D eigenvalue weighted by atomic mass is 16.6. The van der Waals surface area contributed by atoms with Gasteiger partial charge in [0.05, 0.1) is 27.6 Å². The van der Waals surface area contributed by atoms with Crippen molar-refractivity contribution in [1.29, 1.82) is 0 Å². The predicted molar refractivity (Wildman–Crippen MR) is 124 cm³/mol. The summed E-state index contributed by atoms with van der Waals surface area (Å²) in [6.07, 6.45) is 20.2. The van der Waals surface area contributed by atoms with Crippen molar-refractivity contribution in [2.75, 3.05) is 27.7 Å². The van der Waals surface area contributed by atoms with E-state index >= 15 is 0 Å². The van der Waals surface area contributed by atoms with E-state index in [2.05, 4.69) is 19.1 Å². The summed E-state index contributed by atoms with van der Waals surface area (Å²) >= 11 is 0. The minimum absolute atomic E-state index is 0.131. The van der Waals surface area contributed by atoms with Crippen molar-refractivity contribution in [2.24, 2.45) is 0 Å². The number of nitrogens with zero attached hydrogens (tertiary/aromatic N) is 1. The SMILES string of the molecule is CCCCCCCC/C=C\CCCCCCC[13C](=O)OC(CC(=O)O)C[N+](C)(C)C. The van der Waals surface area contributed by atoms with Crippen molar-refractivity contribution in [3.05, 3.63) is 12.2 Å². The van der Waals surface area contributed by atoms with E-state index in [1.54, 1.807) is 0 Å². The molecule has 0 fully saturated rings. The molecule has 5 heteroatoms. The highest BCUT2D eigenvalue weighted by Crippen LogP contribution is 2.12. The lowest BCUT2D eigenvalue weighted by atomic mass is 10.1. The highest BCUT2D eigenvalue weighted by molar-refractivity contribution is 5.71. The van der Waals surface area contributed by atoms with Gasteiger partial charge in [-0.2, -0.15) is 0 Å². The number of quaternary nitrogens is 1. The van der Waals surface area contributed by atoms with Gasteiger partial charge in [-0.25, -0.2) is 0 Å². The quantitative estimate of drug-likeness (QED) is 0.0836. The van der Waals surface area contributed by atoms with E-state index in [1.807, 2.05) is 21.1 Å². The summed E-state index contributed by atoms with van der Waals surface area (Å²) in [7, 11) is 5.89. The first kappa shape index (κ1) is 28.6. The molecule has 0 radical (unpaired) electrons. The zero-order valence-corrected chi connectivity index (χ0v) is 20.2. The molecule has 0 amide bonds.